The Labute approximate surface area is 85.1 Å². The van der Waals surface area contributed by atoms with Gasteiger partial charge in [0.15, 0.2) is 5.75 Å². The standard InChI is InChI=1S/C8H8N4O3/c1-2-15-7-5-3-4-6(10-11-9)8(7)12(13)14/h3-5H,2H2,1H3. The topological polar surface area (TPSA) is 101 Å². The SMILES string of the molecule is CCOc1cccc(N=[N+]=[N-])c1[N+](=O)[O-]. The summed E-state index contributed by atoms with van der Waals surface area (Å²) >= 11 is 0. The van der Waals surface area contributed by atoms with Crippen molar-refractivity contribution in [1.29, 1.82) is 0 Å². The van der Waals surface area contributed by atoms with E-state index in [1.165, 1.54) is 18.2 Å². The van der Waals surface area contributed by atoms with Crippen molar-refractivity contribution in [3.63, 3.8) is 0 Å². The fourth-order valence-electron chi connectivity index (χ4n) is 1.10. The molecule has 0 saturated heterocycles. The molecule has 0 aliphatic heterocycles. The zero-order valence-electron chi connectivity index (χ0n) is 7.95. The van der Waals surface area contributed by atoms with Gasteiger partial charge in [0.1, 0.15) is 5.69 Å². The third-order valence-electron chi connectivity index (χ3n) is 1.61. The Morgan fingerprint density at radius 2 is 2.40 bits per heavy atom. The molecule has 0 radical (unpaired) electrons. The molecule has 0 aromatic heterocycles. The molecule has 78 valence electrons. The Morgan fingerprint density at radius 1 is 1.67 bits per heavy atom. The van der Waals surface area contributed by atoms with Crippen LogP contribution in [0.2, 0.25) is 0 Å². The number of rotatable bonds is 4. The highest BCUT2D eigenvalue weighted by molar-refractivity contribution is 5.65. The third kappa shape index (κ3) is 2.35. The summed E-state index contributed by atoms with van der Waals surface area (Å²) in [6.45, 7) is 2.02. The molecule has 0 aliphatic carbocycles. The molecule has 7 nitrogen and oxygen atoms in total. The van der Waals surface area contributed by atoms with Crippen LogP contribution >= 0.6 is 0 Å². The van der Waals surface area contributed by atoms with Crippen LogP contribution in [0.4, 0.5) is 11.4 Å². The van der Waals surface area contributed by atoms with E-state index in [9.17, 15) is 10.1 Å². The smallest absolute Gasteiger partial charge is 0.320 e. The zero-order valence-corrected chi connectivity index (χ0v) is 7.95. The predicted molar refractivity (Wildman–Crippen MR) is 53.1 cm³/mol. The maximum atomic E-state index is 10.7. The van der Waals surface area contributed by atoms with Gasteiger partial charge in [0.05, 0.1) is 11.5 Å². The predicted octanol–water partition coefficient (Wildman–Crippen LogP) is 2.94. The van der Waals surface area contributed by atoms with Crippen molar-refractivity contribution < 1.29 is 9.66 Å². The first-order valence-electron chi connectivity index (χ1n) is 4.16. The molecule has 0 atom stereocenters. The summed E-state index contributed by atoms with van der Waals surface area (Å²) in [5, 5.41) is 14.0. The number of ether oxygens (including phenoxy) is 1. The van der Waals surface area contributed by atoms with E-state index in [0.29, 0.717) is 6.61 Å². The first kappa shape index (κ1) is 10.8. The Morgan fingerprint density at radius 3 is 2.93 bits per heavy atom. The molecule has 0 heterocycles. The average Bonchev–Trinajstić information content (AvgIpc) is 2.18. The molecule has 7 heteroatoms. The molecular weight excluding hydrogens is 200 g/mol. The van der Waals surface area contributed by atoms with Gasteiger partial charge >= 0.3 is 5.69 Å². The van der Waals surface area contributed by atoms with E-state index in [0.717, 1.165) is 0 Å². The van der Waals surface area contributed by atoms with Gasteiger partial charge in [-0.3, -0.25) is 10.1 Å². The lowest BCUT2D eigenvalue weighted by atomic mass is 10.2. The fraction of sp³-hybridized carbons (Fsp3) is 0.250. The molecule has 0 bridgehead atoms. The van der Waals surface area contributed by atoms with Crippen LogP contribution in [0, 0.1) is 10.1 Å². The monoisotopic (exact) mass is 208 g/mol. The summed E-state index contributed by atoms with van der Waals surface area (Å²) in [5.74, 6) is 0.104. The average molecular weight is 208 g/mol. The van der Waals surface area contributed by atoms with Crippen molar-refractivity contribution in [1.82, 2.24) is 0 Å². The van der Waals surface area contributed by atoms with Crippen LogP contribution in [-0.4, -0.2) is 11.5 Å². The van der Waals surface area contributed by atoms with Crippen molar-refractivity contribution in [3.8, 4) is 5.75 Å². The van der Waals surface area contributed by atoms with Gasteiger partial charge in [0.25, 0.3) is 0 Å². The highest BCUT2D eigenvalue weighted by Gasteiger charge is 2.19. The van der Waals surface area contributed by atoms with Gasteiger partial charge in [-0.05, 0) is 24.6 Å². The number of nitro benzene ring substituents is 1. The number of hydrogen-bond donors (Lipinski definition) is 0. The fourth-order valence-corrected chi connectivity index (χ4v) is 1.10. The second kappa shape index (κ2) is 4.83. The molecule has 0 unspecified atom stereocenters. The lowest BCUT2D eigenvalue weighted by molar-refractivity contribution is -0.385. The van der Waals surface area contributed by atoms with E-state index in [1.807, 2.05) is 0 Å². The number of azide groups is 1. The van der Waals surface area contributed by atoms with Gasteiger partial charge in [-0.1, -0.05) is 11.2 Å². The maximum Gasteiger partial charge on any atom is 0.320 e. The number of benzene rings is 1. The number of nitrogens with zero attached hydrogens (tertiary/aromatic N) is 4. The molecule has 0 saturated carbocycles. The van der Waals surface area contributed by atoms with Crippen LogP contribution in [0.25, 0.3) is 10.4 Å². The Balaban J connectivity index is 3.33. The first-order chi connectivity index (χ1) is 7.20. The van der Waals surface area contributed by atoms with Crippen molar-refractivity contribution in [2.75, 3.05) is 6.61 Å². The number of nitro groups is 1. The molecule has 1 rings (SSSR count). The van der Waals surface area contributed by atoms with Crippen LogP contribution in [0.15, 0.2) is 23.3 Å². The zero-order chi connectivity index (χ0) is 11.3. The number of hydrogen-bond acceptors (Lipinski definition) is 4. The van der Waals surface area contributed by atoms with E-state index >= 15 is 0 Å². The Bertz CT molecular complexity index is 426. The van der Waals surface area contributed by atoms with E-state index < -0.39 is 4.92 Å². The van der Waals surface area contributed by atoms with Gasteiger partial charge in [0, 0.05) is 4.91 Å². The minimum Gasteiger partial charge on any atom is -0.487 e. The van der Waals surface area contributed by atoms with Crippen LogP contribution in [0.3, 0.4) is 0 Å². The summed E-state index contributed by atoms with van der Waals surface area (Å²) < 4.78 is 5.06. The summed E-state index contributed by atoms with van der Waals surface area (Å²) in [6, 6.07) is 4.35. The largest absolute Gasteiger partial charge is 0.487 e. The van der Waals surface area contributed by atoms with Crippen LogP contribution in [0.5, 0.6) is 5.75 Å². The minimum absolute atomic E-state index is 0.0477. The van der Waals surface area contributed by atoms with Gasteiger partial charge in [-0.2, -0.15) is 0 Å². The second-order valence-electron chi connectivity index (χ2n) is 2.50. The van der Waals surface area contributed by atoms with E-state index in [2.05, 4.69) is 10.0 Å². The van der Waals surface area contributed by atoms with Gasteiger partial charge in [0.2, 0.25) is 0 Å². The molecule has 0 amide bonds. The molecule has 0 aliphatic rings. The molecule has 1 aromatic carbocycles. The highest BCUT2D eigenvalue weighted by Crippen LogP contribution is 2.36. The van der Waals surface area contributed by atoms with Crippen molar-refractivity contribution in [3.05, 3.63) is 38.8 Å². The second-order valence-corrected chi connectivity index (χ2v) is 2.50. The van der Waals surface area contributed by atoms with E-state index in [-0.39, 0.29) is 17.1 Å². The van der Waals surface area contributed by atoms with Gasteiger partial charge < -0.3 is 4.74 Å². The van der Waals surface area contributed by atoms with Crippen LogP contribution < -0.4 is 4.74 Å². The summed E-state index contributed by atoms with van der Waals surface area (Å²) in [5.41, 5.74) is 7.89. The summed E-state index contributed by atoms with van der Waals surface area (Å²) in [7, 11) is 0. The molecular formula is C8H8N4O3. The molecule has 15 heavy (non-hydrogen) atoms. The van der Waals surface area contributed by atoms with Crippen molar-refractivity contribution in [2.24, 2.45) is 5.11 Å². The van der Waals surface area contributed by atoms with Gasteiger partial charge in [-0.15, -0.1) is 0 Å². The lowest BCUT2D eigenvalue weighted by Crippen LogP contribution is -1.97. The maximum absolute atomic E-state index is 10.7. The van der Waals surface area contributed by atoms with E-state index in [1.54, 1.807) is 6.92 Å². The minimum atomic E-state index is -0.630. The van der Waals surface area contributed by atoms with Crippen LogP contribution in [-0.2, 0) is 0 Å². The third-order valence-corrected chi connectivity index (χ3v) is 1.61. The van der Waals surface area contributed by atoms with Gasteiger partial charge in [-0.25, -0.2) is 0 Å². The normalized spacial score (nSPS) is 9.13. The van der Waals surface area contributed by atoms with Crippen LogP contribution in [0.1, 0.15) is 6.92 Å². The van der Waals surface area contributed by atoms with Crippen molar-refractivity contribution in [2.45, 2.75) is 6.92 Å². The van der Waals surface area contributed by atoms with Crippen molar-refractivity contribution >= 4 is 11.4 Å². The first-order valence-corrected chi connectivity index (χ1v) is 4.16. The summed E-state index contributed by atoms with van der Waals surface area (Å²) in [6.07, 6.45) is 0. The number of para-hydroxylation sites is 1. The Kier molecular flexibility index (Phi) is 3.48. The Hall–Kier alpha value is -2.27. The quantitative estimate of drug-likeness (QED) is 0.250. The highest BCUT2D eigenvalue weighted by atomic mass is 16.6. The summed E-state index contributed by atoms with van der Waals surface area (Å²) in [4.78, 5) is 12.6. The molecule has 1 aromatic rings. The molecule has 0 spiro atoms. The van der Waals surface area contributed by atoms with E-state index in [4.69, 9.17) is 10.3 Å². The lowest BCUT2D eigenvalue weighted by Gasteiger charge is -2.04. The molecule has 0 fully saturated rings. The molecule has 0 N–H and O–H groups in total.